The van der Waals surface area contributed by atoms with Gasteiger partial charge < -0.3 is 14.8 Å². The summed E-state index contributed by atoms with van der Waals surface area (Å²) >= 11 is 5.57. The number of halogens is 4. The number of methoxy groups -OCH3 is 2. The van der Waals surface area contributed by atoms with Crippen LogP contribution in [0.3, 0.4) is 0 Å². The Morgan fingerprint density at radius 2 is 1.73 bits per heavy atom. The molecule has 140 valence electrons. The number of benzene rings is 2. The fraction of sp³-hybridized carbons (Fsp3) is 0.278. The Bertz CT molecular complexity index is 822. The van der Waals surface area contributed by atoms with Gasteiger partial charge in [-0.1, -0.05) is 11.6 Å². The number of amides is 1. The Balaban J connectivity index is 2.20. The smallest absolute Gasteiger partial charge is 0.417 e. The fourth-order valence-electron chi connectivity index (χ4n) is 2.41. The van der Waals surface area contributed by atoms with Crippen LogP contribution >= 0.6 is 11.6 Å². The van der Waals surface area contributed by atoms with Crippen molar-refractivity contribution in [2.75, 3.05) is 19.5 Å². The van der Waals surface area contributed by atoms with Crippen molar-refractivity contribution in [3.8, 4) is 11.5 Å². The molecule has 0 heterocycles. The Hall–Kier alpha value is -2.41. The van der Waals surface area contributed by atoms with E-state index in [1.807, 2.05) is 0 Å². The number of hydrogen-bond acceptors (Lipinski definition) is 3. The van der Waals surface area contributed by atoms with Crippen molar-refractivity contribution in [3.05, 3.63) is 52.0 Å². The largest absolute Gasteiger partial charge is 0.493 e. The molecule has 0 unspecified atom stereocenters. The number of rotatable bonds is 5. The zero-order chi connectivity index (χ0) is 19.5. The molecule has 8 heteroatoms. The van der Waals surface area contributed by atoms with E-state index in [0.717, 1.165) is 17.7 Å². The first-order valence-electron chi connectivity index (χ1n) is 7.53. The molecule has 2 aromatic carbocycles. The molecule has 2 aromatic rings. The van der Waals surface area contributed by atoms with E-state index < -0.39 is 22.7 Å². The second-order valence-electron chi connectivity index (χ2n) is 5.55. The zero-order valence-corrected chi connectivity index (χ0v) is 15.1. The number of anilines is 1. The minimum absolute atomic E-state index is 0.0184. The van der Waals surface area contributed by atoms with Crippen LogP contribution in [0.2, 0.25) is 5.02 Å². The topological polar surface area (TPSA) is 47.6 Å². The summed E-state index contributed by atoms with van der Waals surface area (Å²) in [5, 5.41) is 2.03. The molecule has 0 fully saturated rings. The Kier molecular flexibility index (Phi) is 6.02. The number of alkyl halides is 3. The highest BCUT2D eigenvalue weighted by Crippen LogP contribution is 2.36. The molecule has 0 aromatic heterocycles. The summed E-state index contributed by atoms with van der Waals surface area (Å²) in [5.41, 5.74) is 0.485. The van der Waals surface area contributed by atoms with Gasteiger partial charge in [0.05, 0.1) is 31.2 Å². The van der Waals surface area contributed by atoms with Crippen molar-refractivity contribution in [2.45, 2.75) is 19.5 Å². The number of ether oxygens (including phenoxy) is 2. The second-order valence-corrected chi connectivity index (χ2v) is 5.96. The highest BCUT2D eigenvalue weighted by atomic mass is 35.5. The molecule has 0 spiro atoms. The monoisotopic (exact) mass is 387 g/mol. The van der Waals surface area contributed by atoms with E-state index in [2.05, 4.69) is 5.32 Å². The quantitative estimate of drug-likeness (QED) is 0.796. The maximum atomic E-state index is 12.9. The minimum Gasteiger partial charge on any atom is -0.493 e. The normalized spacial score (nSPS) is 11.2. The van der Waals surface area contributed by atoms with Gasteiger partial charge in [-0.3, -0.25) is 4.79 Å². The molecule has 0 saturated heterocycles. The number of carbonyl (C=O) groups is 1. The van der Waals surface area contributed by atoms with Crippen LogP contribution in [0.4, 0.5) is 18.9 Å². The van der Waals surface area contributed by atoms with E-state index in [0.29, 0.717) is 17.1 Å². The maximum absolute atomic E-state index is 12.9. The van der Waals surface area contributed by atoms with Gasteiger partial charge in [0.2, 0.25) is 5.91 Å². The lowest BCUT2D eigenvalue weighted by atomic mass is 10.0. The van der Waals surface area contributed by atoms with Crippen molar-refractivity contribution in [1.82, 2.24) is 0 Å². The SMILES string of the molecule is COc1cc(C)c(CC(=O)Nc2ccc(Cl)c(C(F)(F)F)c2)cc1OC. The van der Waals surface area contributed by atoms with Crippen molar-refractivity contribution >= 4 is 23.2 Å². The van der Waals surface area contributed by atoms with Gasteiger partial charge in [0.1, 0.15) is 0 Å². The molecule has 0 aliphatic heterocycles. The number of nitrogens with one attached hydrogen (secondary N) is 1. The van der Waals surface area contributed by atoms with Gasteiger partial charge in [-0.25, -0.2) is 0 Å². The van der Waals surface area contributed by atoms with Crippen LogP contribution in [-0.2, 0) is 17.4 Å². The van der Waals surface area contributed by atoms with Crippen LogP contribution in [0.1, 0.15) is 16.7 Å². The van der Waals surface area contributed by atoms with Gasteiger partial charge in [0, 0.05) is 5.69 Å². The first kappa shape index (κ1) is 19.9. The van der Waals surface area contributed by atoms with Gasteiger partial charge >= 0.3 is 6.18 Å². The summed E-state index contributed by atoms with van der Waals surface area (Å²) in [4.78, 5) is 12.2. The van der Waals surface area contributed by atoms with Gasteiger partial charge in [-0.05, 0) is 48.4 Å². The summed E-state index contributed by atoms with van der Waals surface area (Å²) in [5.74, 6) is 0.532. The van der Waals surface area contributed by atoms with Crippen LogP contribution in [0.25, 0.3) is 0 Å². The van der Waals surface area contributed by atoms with E-state index in [1.165, 1.54) is 20.3 Å². The number of aryl methyl sites for hydroxylation is 1. The van der Waals surface area contributed by atoms with Crippen molar-refractivity contribution < 1.29 is 27.4 Å². The molecule has 0 aliphatic carbocycles. The predicted octanol–water partition coefficient (Wildman–Crippen LogP) is 4.87. The number of carbonyl (C=O) groups excluding carboxylic acids is 1. The lowest BCUT2D eigenvalue weighted by molar-refractivity contribution is -0.137. The predicted molar refractivity (Wildman–Crippen MR) is 93.1 cm³/mol. The molecule has 1 N–H and O–H groups in total. The Morgan fingerprint density at radius 3 is 2.31 bits per heavy atom. The molecule has 4 nitrogen and oxygen atoms in total. The van der Waals surface area contributed by atoms with E-state index >= 15 is 0 Å². The summed E-state index contributed by atoms with van der Waals surface area (Å²) in [6.45, 7) is 1.80. The molecule has 0 atom stereocenters. The molecule has 0 saturated carbocycles. The highest BCUT2D eigenvalue weighted by molar-refractivity contribution is 6.31. The molecular weight excluding hydrogens is 371 g/mol. The zero-order valence-electron chi connectivity index (χ0n) is 14.3. The Labute approximate surface area is 153 Å². The third-order valence-corrected chi connectivity index (χ3v) is 4.08. The van der Waals surface area contributed by atoms with Gasteiger partial charge in [0.25, 0.3) is 0 Å². The van der Waals surface area contributed by atoms with Gasteiger partial charge in [-0.2, -0.15) is 13.2 Å². The average molecular weight is 388 g/mol. The fourth-order valence-corrected chi connectivity index (χ4v) is 2.64. The van der Waals surface area contributed by atoms with E-state index in [4.69, 9.17) is 21.1 Å². The maximum Gasteiger partial charge on any atom is 0.417 e. The van der Waals surface area contributed by atoms with Crippen LogP contribution in [0, 0.1) is 6.92 Å². The minimum atomic E-state index is -4.60. The van der Waals surface area contributed by atoms with Crippen LogP contribution < -0.4 is 14.8 Å². The molecule has 0 radical (unpaired) electrons. The average Bonchev–Trinajstić information content (AvgIpc) is 2.57. The first-order valence-corrected chi connectivity index (χ1v) is 7.91. The number of hydrogen-bond donors (Lipinski definition) is 1. The van der Waals surface area contributed by atoms with Crippen LogP contribution in [0.15, 0.2) is 30.3 Å². The third kappa shape index (κ3) is 4.60. The first-order chi connectivity index (χ1) is 12.2. The molecule has 26 heavy (non-hydrogen) atoms. The molecule has 0 aliphatic rings. The Morgan fingerprint density at radius 1 is 1.12 bits per heavy atom. The van der Waals surface area contributed by atoms with E-state index in [9.17, 15) is 18.0 Å². The second kappa shape index (κ2) is 7.86. The molecule has 2 rings (SSSR count). The van der Waals surface area contributed by atoms with Crippen LogP contribution in [0.5, 0.6) is 11.5 Å². The van der Waals surface area contributed by atoms with E-state index in [-0.39, 0.29) is 12.1 Å². The summed E-state index contributed by atoms with van der Waals surface area (Å²) in [6.07, 6.45) is -4.63. The third-order valence-electron chi connectivity index (χ3n) is 3.75. The molecule has 1 amide bonds. The van der Waals surface area contributed by atoms with Crippen LogP contribution in [-0.4, -0.2) is 20.1 Å². The van der Waals surface area contributed by atoms with Crippen molar-refractivity contribution in [1.29, 1.82) is 0 Å². The standard InChI is InChI=1S/C18H17ClF3NO3/c1-10-6-15(25-2)16(26-3)7-11(10)8-17(24)23-12-4-5-14(19)13(9-12)18(20,21)22/h4-7,9H,8H2,1-3H3,(H,23,24). The van der Waals surface area contributed by atoms with Crippen molar-refractivity contribution in [3.63, 3.8) is 0 Å². The highest BCUT2D eigenvalue weighted by Gasteiger charge is 2.33. The van der Waals surface area contributed by atoms with E-state index in [1.54, 1.807) is 19.1 Å². The lowest BCUT2D eigenvalue weighted by Gasteiger charge is -2.14. The van der Waals surface area contributed by atoms with Gasteiger partial charge in [-0.15, -0.1) is 0 Å². The summed E-state index contributed by atoms with van der Waals surface area (Å²) in [7, 11) is 2.98. The van der Waals surface area contributed by atoms with Crippen molar-refractivity contribution in [2.24, 2.45) is 0 Å². The molecular formula is C18H17ClF3NO3. The van der Waals surface area contributed by atoms with Gasteiger partial charge in [0.15, 0.2) is 11.5 Å². The lowest BCUT2D eigenvalue weighted by Crippen LogP contribution is -2.16. The summed E-state index contributed by atoms with van der Waals surface area (Å²) in [6, 6.07) is 6.61. The summed E-state index contributed by atoms with van der Waals surface area (Å²) < 4.78 is 49.1. The molecule has 0 bridgehead atoms.